The first-order valence-corrected chi connectivity index (χ1v) is 6.96. The Balaban J connectivity index is 1.66. The highest BCUT2D eigenvalue weighted by molar-refractivity contribution is 5.46. The fourth-order valence-corrected chi connectivity index (χ4v) is 2.69. The van der Waals surface area contributed by atoms with E-state index in [0.717, 1.165) is 18.5 Å². The Bertz CT molecular complexity index is 568. The van der Waals surface area contributed by atoms with Crippen molar-refractivity contribution in [2.45, 2.75) is 38.3 Å². The van der Waals surface area contributed by atoms with Gasteiger partial charge in [-0.25, -0.2) is 8.78 Å². The van der Waals surface area contributed by atoms with Gasteiger partial charge in [-0.05, 0) is 31.0 Å². The van der Waals surface area contributed by atoms with Crippen molar-refractivity contribution >= 4 is 5.69 Å². The van der Waals surface area contributed by atoms with Crippen LogP contribution in [0, 0.1) is 11.6 Å². The second-order valence-electron chi connectivity index (χ2n) is 5.18. The second-order valence-corrected chi connectivity index (χ2v) is 5.18. The van der Waals surface area contributed by atoms with E-state index in [0.29, 0.717) is 12.6 Å². The van der Waals surface area contributed by atoms with Gasteiger partial charge in [0.2, 0.25) is 0 Å². The molecule has 1 saturated carbocycles. The summed E-state index contributed by atoms with van der Waals surface area (Å²) < 4.78 is 28.9. The molecule has 106 valence electrons. The predicted molar refractivity (Wildman–Crippen MR) is 73.4 cm³/mol. The highest BCUT2D eigenvalue weighted by atomic mass is 19.1. The van der Waals surface area contributed by atoms with E-state index in [-0.39, 0.29) is 5.69 Å². The molecular formula is C15H17F2N3. The molecule has 1 aliphatic rings. The van der Waals surface area contributed by atoms with Gasteiger partial charge in [-0.15, -0.1) is 0 Å². The van der Waals surface area contributed by atoms with Crippen molar-refractivity contribution in [1.82, 2.24) is 9.78 Å². The molecule has 0 spiro atoms. The van der Waals surface area contributed by atoms with E-state index in [1.165, 1.54) is 31.0 Å². The van der Waals surface area contributed by atoms with Crippen molar-refractivity contribution in [3.8, 4) is 0 Å². The van der Waals surface area contributed by atoms with Gasteiger partial charge < -0.3 is 5.32 Å². The molecule has 1 aliphatic carbocycles. The molecule has 2 aromatic rings. The molecule has 1 aromatic carbocycles. The fraction of sp³-hybridized carbons (Fsp3) is 0.400. The Morgan fingerprint density at radius 1 is 1.15 bits per heavy atom. The highest BCUT2D eigenvalue weighted by Gasteiger charge is 2.17. The smallest absolute Gasteiger partial charge is 0.149 e. The molecule has 0 bridgehead atoms. The zero-order valence-corrected chi connectivity index (χ0v) is 11.1. The average molecular weight is 277 g/mol. The molecule has 0 unspecified atom stereocenters. The van der Waals surface area contributed by atoms with Crippen LogP contribution in [-0.2, 0) is 6.54 Å². The van der Waals surface area contributed by atoms with Crippen molar-refractivity contribution < 1.29 is 8.78 Å². The Morgan fingerprint density at radius 3 is 2.55 bits per heavy atom. The number of aromatic nitrogens is 2. The van der Waals surface area contributed by atoms with Crippen molar-refractivity contribution in [2.24, 2.45) is 0 Å². The summed E-state index contributed by atoms with van der Waals surface area (Å²) in [5, 5.41) is 7.25. The van der Waals surface area contributed by atoms with E-state index in [9.17, 15) is 8.78 Å². The number of hydrogen-bond donors (Lipinski definition) is 1. The summed E-state index contributed by atoms with van der Waals surface area (Å²) >= 11 is 0. The van der Waals surface area contributed by atoms with E-state index >= 15 is 0 Å². The molecule has 0 radical (unpaired) electrons. The lowest BCUT2D eigenvalue weighted by Gasteiger charge is -2.09. The van der Waals surface area contributed by atoms with Gasteiger partial charge in [-0.3, -0.25) is 4.68 Å². The number of hydrogen-bond acceptors (Lipinski definition) is 2. The largest absolute Gasteiger partial charge is 0.375 e. The zero-order valence-electron chi connectivity index (χ0n) is 11.1. The molecule has 20 heavy (non-hydrogen) atoms. The second kappa shape index (κ2) is 5.61. The van der Waals surface area contributed by atoms with Gasteiger partial charge in [-0.2, -0.15) is 5.10 Å². The van der Waals surface area contributed by atoms with Crippen molar-refractivity contribution in [3.63, 3.8) is 0 Å². The van der Waals surface area contributed by atoms with E-state index in [4.69, 9.17) is 0 Å². The van der Waals surface area contributed by atoms with Gasteiger partial charge in [0.1, 0.15) is 17.3 Å². The molecule has 0 amide bonds. The molecule has 1 N–H and O–H groups in total. The molecule has 0 saturated heterocycles. The van der Waals surface area contributed by atoms with Crippen LogP contribution in [0.3, 0.4) is 0 Å². The summed E-state index contributed by atoms with van der Waals surface area (Å²) in [7, 11) is 0. The molecular weight excluding hydrogens is 260 g/mol. The summed E-state index contributed by atoms with van der Waals surface area (Å²) in [6, 6.07) is 6.20. The third-order valence-electron chi connectivity index (χ3n) is 3.77. The highest BCUT2D eigenvalue weighted by Crippen LogP contribution is 2.28. The van der Waals surface area contributed by atoms with Crippen LogP contribution >= 0.6 is 0 Å². The first-order chi connectivity index (χ1) is 9.74. The van der Waals surface area contributed by atoms with Gasteiger partial charge in [0.05, 0.1) is 18.3 Å². The number of rotatable bonds is 4. The SMILES string of the molecule is Fc1cccc(F)c1NCc1ccn(C2CCCC2)n1. The third kappa shape index (κ3) is 2.66. The monoisotopic (exact) mass is 277 g/mol. The maximum absolute atomic E-state index is 13.5. The Labute approximate surface area is 116 Å². The molecule has 1 aromatic heterocycles. The lowest BCUT2D eigenvalue weighted by molar-refractivity contribution is 0.463. The first-order valence-electron chi connectivity index (χ1n) is 6.96. The lowest BCUT2D eigenvalue weighted by Crippen LogP contribution is -2.08. The van der Waals surface area contributed by atoms with Gasteiger partial charge >= 0.3 is 0 Å². The maximum Gasteiger partial charge on any atom is 0.149 e. The third-order valence-corrected chi connectivity index (χ3v) is 3.77. The number of nitrogens with one attached hydrogen (secondary N) is 1. The lowest BCUT2D eigenvalue weighted by atomic mass is 10.3. The molecule has 3 nitrogen and oxygen atoms in total. The number of para-hydroxylation sites is 1. The average Bonchev–Trinajstić information content (AvgIpc) is 3.09. The van der Waals surface area contributed by atoms with Crippen LogP contribution in [0.1, 0.15) is 37.4 Å². The van der Waals surface area contributed by atoms with Gasteiger partial charge in [0, 0.05) is 6.20 Å². The van der Waals surface area contributed by atoms with E-state index < -0.39 is 11.6 Å². The topological polar surface area (TPSA) is 29.9 Å². The molecule has 3 rings (SSSR count). The minimum Gasteiger partial charge on any atom is -0.375 e. The van der Waals surface area contributed by atoms with Crippen molar-refractivity contribution in [2.75, 3.05) is 5.32 Å². The van der Waals surface area contributed by atoms with Gasteiger partial charge in [0.15, 0.2) is 0 Å². The molecule has 0 aliphatic heterocycles. The molecule has 5 heteroatoms. The normalized spacial score (nSPS) is 15.7. The minimum absolute atomic E-state index is 0.0945. The summed E-state index contributed by atoms with van der Waals surface area (Å²) in [4.78, 5) is 0. The number of halogens is 2. The maximum atomic E-state index is 13.5. The van der Waals surface area contributed by atoms with E-state index in [2.05, 4.69) is 10.4 Å². The first kappa shape index (κ1) is 13.1. The quantitative estimate of drug-likeness (QED) is 0.919. The fourth-order valence-electron chi connectivity index (χ4n) is 2.69. The van der Waals surface area contributed by atoms with Crippen LogP contribution in [0.25, 0.3) is 0 Å². The van der Waals surface area contributed by atoms with Crippen LogP contribution in [0.5, 0.6) is 0 Å². The Kier molecular flexibility index (Phi) is 3.67. The minimum atomic E-state index is -0.583. The Morgan fingerprint density at radius 2 is 1.85 bits per heavy atom. The zero-order chi connectivity index (χ0) is 13.9. The van der Waals surface area contributed by atoms with Crippen LogP contribution < -0.4 is 5.32 Å². The molecule has 1 heterocycles. The van der Waals surface area contributed by atoms with Crippen molar-refractivity contribution in [1.29, 1.82) is 0 Å². The molecule has 0 atom stereocenters. The Hall–Kier alpha value is -1.91. The summed E-state index contributed by atoms with van der Waals surface area (Å²) in [5.74, 6) is -1.17. The standard InChI is InChI=1S/C15H17F2N3/c16-13-6-3-7-14(17)15(13)18-10-11-8-9-20(19-11)12-4-1-2-5-12/h3,6-9,12,18H,1-2,4-5,10H2. The number of nitrogens with zero attached hydrogens (tertiary/aromatic N) is 2. The van der Waals surface area contributed by atoms with Gasteiger partial charge in [0.25, 0.3) is 0 Å². The van der Waals surface area contributed by atoms with Crippen molar-refractivity contribution in [3.05, 3.63) is 47.8 Å². The van der Waals surface area contributed by atoms with Crippen LogP contribution in [0.4, 0.5) is 14.5 Å². The predicted octanol–water partition coefficient (Wildman–Crippen LogP) is 3.89. The number of anilines is 1. The molecule has 1 fully saturated rings. The summed E-state index contributed by atoms with van der Waals surface area (Å²) in [6.07, 6.45) is 6.77. The van der Waals surface area contributed by atoms with Gasteiger partial charge in [-0.1, -0.05) is 18.9 Å². The van der Waals surface area contributed by atoms with E-state index in [1.54, 1.807) is 0 Å². The van der Waals surface area contributed by atoms with Crippen LogP contribution in [-0.4, -0.2) is 9.78 Å². The number of benzene rings is 1. The summed E-state index contributed by atoms with van der Waals surface area (Å²) in [6.45, 7) is 0.317. The van der Waals surface area contributed by atoms with Crippen LogP contribution in [0.2, 0.25) is 0 Å². The summed E-state index contributed by atoms with van der Waals surface area (Å²) in [5.41, 5.74) is 0.697. The van der Waals surface area contributed by atoms with E-state index in [1.807, 2.05) is 16.9 Å². The van der Waals surface area contributed by atoms with Crippen LogP contribution in [0.15, 0.2) is 30.5 Å².